The van der Waals surface area contributed by atoms with Crippen LogP contribution in [0.3, 0.4) is 0 Å². The van der Waals surface area contributed by atoms with Crippen molar-refractivity contribution < 1.29 is 27.1 Å². The fraction of sp³-hybridized carbons (Fsp3) is 0.458. The first kappa shape index (κ1) is 23.7. The van der Waals surface area contributed by atoms with E-state index in [1.807, 2.05) is 30.3 Å². The van der Waals surface area contributed by atoms with Crippen LogP contribution in [0.25, 0.3) is 0 Å². The van der Waals surface area contributed by atoms with Crippen molar-refractivity contribution >= 4 is 15.9 Å². The highest BCUT2D eigenvalue weighted by atomic mass is 32.2. The van der Waals surface area contributed by atoms with Gasteiger partial charge in [0.15, 0.2) is 0 Å². The molecule has 0 spiro atoms. The first-order chi connectivity index (χ1) is 15.9. The maximum absolute atomic E-state index is 13.7. The smallest absolute Gasteiger partial charge is 0.243 e. The number of hydrogen-bond acceptors (Lipinski definition) is 5. The Labute approximate surface area is 194 Å². The zero-order chi connectivity index (χ0) is 23.3. The van der Waals surface area contributed by atoms with Gasteiger partial charge in [0.2, 0.25) is 15.9 Å². The topological polar surface area (TPSA) is 76.2 Å². The SMILES string of the molecule is O=C(C[C@]1(COc2ccccc2)CCCN(S(=O)(=O)c2cccc(F)c2)C1)N1CCOCC1. The van der Waals surface area contributed by atoms with Crippen LogP contribution >= 0.6 is 0 Å². The summed E-state index contributed by atoms with van der Waals surface area (Å²) in [5.74, 6) is 0.0371. The lowest BCUT2D eigenvalue weighted by molar-refractivity contribution is -0.139. The quantitative estimate of drug-likeness (QED) is 0.614. The minimum Gasteiger partial charge on any atom is -0.493 e. The molecule has 2 saturated heterocycles. The number of sulfonamides is 1. The largest absolute Gasteiger partial charge is 0.493 e. The van der Waals surface area contributed by atoms with Gasteiger partial charge in [-0.15, -0.1) is 0 Å². The van der Waals surface area contributed by atoms with Crippen molar-refractivity contribution in [3.63, 3.8) is 0 Å². The number of piperidine rings is 1. The van der Waals surface area contributed by atoms with Gasteiger partial charge >= 0.3 is 0 Å². The van der Waals surface area contributed by atoms with E-state index < -0.39 is 21.3 Å². The number of para-hydroxylation sites is 1. The highest BCUT2D eigenvalue weighted by Crippen LogP contribution is 2.37. The molecule has 178 valence electrons. The Morgan fingerprint density at radius 1 is 1.06 bits per heavy atom. The van der Waals surface area contributed by atoms with Gasteiger partial charge in [-0.2, -0.15) is 4.31 Å². The predicted molar refractivity (Wildman–Crippen MR) is 121 cm³/mol. The van der Waals surface area contributed by atoms with Crippen LogP contribution in [0, 0.1) is 11.2 Å². The molecule has 2 aliphatic heterocycles. The molecule has 2 fully saturated rings. The van der Waals surface area contributed by atoms with E-state index in [-0.39, 0.29) is 30.4 Å². The van der Waals surface area contributed by atoms with Gasteiger partial charge in [0, 0.05) is 38.0 Å². The molecule has 2 aromatic carbocycles. The molecule has 0 N–H and O–H groups in total. The molecule has 0 bridgehead atoms. The standard InChI is InChI=1S/C24H29FN2O5S/c25-20-6-4-9-22(16-20)33(29,30)27-11-5-10-24(18-27,19-32-21-7-2-1-3-8-21)17-23(28)26-12-14-31-15-13-26/h1-4,6-9,16H,5,10-15,17-19H2/t24-/m1/s1. The number of amides is 1. The summed E-state index contributed by atoms with van der Waals surface area (Å²) in [5, 5.41) is 0. The molecule has 4 rings (SSSR count). The number of nitrogens with zero attached hydrogens (tertiary/aromatic N) is 2. The van der Waals surface area contributed by atoms with Crippen molar-refractivity contribution in [2.24, 2.45) is 5.41 Å². The summed E-state index contributed by atoms with van der Waals surface area (Å²) < 4.78 is 53.1. The Hall–Kier alpha value is -2.49. The Morgan fingerprint density at radius 2 is 1.82 bits per heavy atom. The first-order valence-electron chi connectivity index (χ1n) is 11.2. The summed E-state index contributed by atoms with van der Waals surface area (Å²) in [6.07, 6.45) is 1.42. The predicted octanol–water partition coefficient (Wildman–Crippen LogP) is 2.92. The molecule has 0 unspecified atom stereocenters. The second-order valence-electron chi connectivity index (χ2n) is 8.67. The number of ether oxygens (including phenoxy) is 2. The zero-order valence-corrected chi connectivity index (χ0v) is 19.3. The molecule has 2 heterocycles. The molecule has 1 atom stereocenters. The van der Waals surface area contributed by atoms with E-state index in [4.69, 9.17) is 9.47 Å². The number of halogens is 1. The van der Waals surface area contributed by atoms with Gasteiger partial charge in [-0.3, -0.25) is 4.79 Å². The van der Waals surface area contributed by atoms with Crippen LogP contribution in [0.15, 0.2) is 59.5 Å². The fourth-order valence-electron chi connectivity index (χ4n) is 4.46. The van der Waals surface area contributed by atoms with Crippen LogP contribution in [0.5, 0.6) is 5.75 Å². The molecular formula is C24H29FN2O5S. The van der Waals surface area contributed by atoms with Crippen LogP contribution in [0.1, 0.15) is 19.3 Å². The summed E-state index contributed by atoms with van der Waals surface area (Å²) in [4.78, 5) is 14.8. The van der Waals surface area contributed by atoms with Crippen molar-refractivity contribution in [3.8, 4) is 5.75 Å². The average Bonchev–Trinajstić information content (AvgIpc) is 2.84. The molecule has 2 aromatic rings. The second-order valence-corrected chi connectivity index (χ2v) is 10.6. The monoisotopic (exact) mass is 476 g/mol. The van der Waals surface area contributed by atoms with E-state index >= 15 is 0 Å². The highest BCUT2D eigenvalue weighted by Gasteiger charge is 2.43. The van der Waals surface area contributed by atoms with Crippen molar-refractivity contribution in [1.82, 2.24) is 9.21 Å². The van der Waals surface area contributed by atoms with E-state index in [0.29, 0.717) is 51.4 Å². The Bertz CT molecular complexity index is 1060. The number of carbonyl (C=O) groups is 1. The van der Waals surface area contributed by atoms with Gasteiger partial charge in [0.1, 0.15) is 11.6 Å². The van der Waals surface area contributed by atoms with Crippen LogP contribution < -0.4 is 4.74 Å². The summed E-state index contributed by atoms with van der Waals surface area (Å²) >= 11 is 0. The maximum Gasteiger partial charge on any atom is 0.243 e. The minimum absolute atomic E-state index is 0.0278. The zero-order valence-electron chi connectivity index (χ0n) is 18.5. The lowest BCUT2D eigenvalue weighted by atomic mass is 9.78. The van der Waals surface area contributed by atoms with Crippen LogP contribution in [-0.2, 0) is 19.6 Å². The van der Waals surface area contributed by atoms with Gasteiger partial charge in [0.25, 0.3) is 0 Å². The first-order valence-corrected chi connectivity index (χ1v) is 12.6. The molecule has 7 nitrogen and oxygen atoms in total. The van der Waals surface area contributed by atoms with Crippen molar-refractivity contribution in [2.75, 3.05) is 46.0 Å². The third kappa shape index (κ3) is 5.72. The second kappa shape index (κ2) is 10.2. The van der Waals surface area contributed by atoms with Gasteiger partial charge in [-0.05, 0) is 43.2 Å². The summed E-state index contributed by atoms with van der Waals surface area (Å²) in [6, 6.07) is 14.3. The maximum atomic E-state index is 13.7. The molecule has 0 aromatic heterocycles. The Kier molecular flexibility index (Phi) is 7.31. The molecule has 0 saturated carbocycles. The van der Waals surface area contributed by atoms with E-state index in [1.165, 1.54) is 22.5 Å². The summed E-state index contributed by atoms with van der Waals surface area (Å²) in [7, 11) is -3.91. The highest BCUT2D eigenvalue weighted by molar-refractivity contribution is 7.89. The fourth-order valence-corrected chi connectivity index (χ4v) is 6.08. The summed E-state index contributed by atoms with van der Waals surface area (Å²) in [6.45, 7) is 2.72. The van der Waals surface area contributed by atoms with E-state index in [2.05, 4.69) is 0 Å². The molecule has 0 radical (unpaired) electrons. The minimum atomic E-state index is -3.91. The molecule has 0 aliphatic carbocycles. The number of rotatable bonds is 7. The lowest BCUT2D eigenvalue weighted by Gasteiger charge is -2.42. The van der Waals surface area contributed by atoms with Crippen LogP contribution in [-0.4, -0.2) is 69.5 Å². The average molecular weight is 477 g/mol. The van der Waals surface area contributed by atoms with Crippen LogP contribution in [0.2, 0.25) is 0 Å². The van der Waals surface area contributed by atoms with Crippen LogP contribution in [0.4, 0.5) is 4.39 Å². The van der Waals surface area contributed by atoms with E-state index in [9.17, 15) is 17.6 Å². The van der Waals surface area contributed by atoms with Gasteiger partial charge in [-0.25, -0.2) is 12.8 Å². The third-order valence-corrected chi connectivity index (χ3v) is 8.08. The Morgan fingerprint density at radius 3 is 2.55 bits per heavy atom. The number of carbonyl (C=O) groups excluding carboxylic acids is 1. The molecule has 1 amide bonds. The van der Waals surface area contributed by atoms with Gasteiger partial charge in [0.05, 0.1) is 24.7 Å². The van der Waals surface area contributed by atoms with Gasteiger partial charge in [-0.1, -0.05) is 24.3 Å². The summed E-state index contributed by atoms with van der Waals surface area (Å²) in [5.41, 5.74) is -0.691. The van der Waals surface area contributed by atoms with Crippen molar-refractivity contribution in [1.29, 1.82) is 0 Å². The van der Waals surface area contributed by atoms with Crippen molar-refractivity contribution in [3.05, 3.63) is 60.4 Å². The number of hydrogen-bond donors (Lipinski definition) is 0. The van der Waals surface area contributed by atoms with E-state index in [0.717, 1.165) is 6.07 Å². The van der Waals surface area contributed by atoms with Crippen molar-refractivity contribution in [2.45, 2.75) is 24.2 Å². The number of benzene rings is 2. The van der Waals surface area contributed by atoms with Gasteiger partial charge < -0.3 is 14.4 Å². The third-order valence-electron chi connectivity index (χ3n) is 6.24. The molecule has 33 heavy (non-hydrogen) atoms. The Balaban J connectivity index is 1.57. The lowest BCUT2D eigenvalue weighted by Crippen LogP contribution is -2.51. The molecular weight excluding hydrogens is 447 g/mol. The normalized spacial score (nSPS) is 22.2. The van der Waals surface area contributed by atoms with E-state index in [1.54, 1.807) is 4.90 Å². The molecule has 9 heteroatoms. The number of morpholine rings is 1. The molecule has 2 aliphatic rings.